The third-order valence-corrected chi connectivity index (χ3v) is 3.83. The smallest absolute Gasteiger partial charge is 0.227 e. The van der Waals surface area contributed by atoms with Crippen molar-refractivity contribution in [1.29, 1.82) is 0 Å². The summed E-state index contributed by atoms with van der Waals surface area (Å²) in [6.45, 7) is 3.26. The number of benzene rings is 1. The lowest BCUT2D eigenvalue weighted by Gasteiger charge is -2.17. The molecule has 0 radical (unpaired) electrons. The van der Waals surface area contributed by atoms with E-state index in [0.29, 0.717) is 13.2 Å². The summed E-state index contributed by atoms with van der Waals surface area (Å²) in [6.07, 6.45) is 2.24. The molecule has 0 aromatic heterocycles. The Hall–Kier alpha value is -1.55. The molecule has 1 aliphatic rings. The van der Waals surface area contributed by atoms with Crippen LogP contribution in [0.1, 0.15) is 31.2 Å². The fraction of sp³-hybridized carbons (Fsp3) is 0.533. The summed E-state index contributed by atoms with van der Waals surface area (Å²) in [7, 11) is 1.70. The molecule has 1 amide bonds. The second-order valence-corrected chi connectivity index (χ2v) is 5.46. The number of nitrogens with one attached hydrogen (secondary N) is 1. The van der Waals surface area contributed by atoms with E-state index < -0.39 is 0 Å². The molecule has 0 heterocycles. The molecule has 0 aliphatic heterocycles. The van der Waals surface area contributed by atoms with Crippen LogP contribution in [0.15, 0.2) is 24.3 Å². The molecule has 2 rings (SSSR count). The highest BCUT2D eigenvalue weighted by Crippen LogP contribution is 2.45. The van der Waals surface area contributed by atoms with Crippen molar-refractivity contribution in [3.05, 3.63) is 29.8 Å². The number of methoxy groups -OCH3 is 1. The lowest BCUT2D eigenvalue weighted by atomic mass is 9.99. The summed E-state index contributed by atoms with van der Waals surface area (Å²) in [5.74, 6) is 0.0281. The van der Waals surface area contributed by atoms with Crippen LogP contribution < -0.4 is 5.32 Å². The van der Waals surface area contributed by atoms with Gasteiger partial charge in [0.1, 0.15) is 5.75 Å². The average molecular weight is 263 g/mol. The number of hydrogen-bond donors (Lipinski definition) is 2. The Bertz CT molecular complexity index is 437. The van der Waals surface area contributed by atoms with Crippen LogP contribution in [0, 0.1) is 5.41 Å². The molecule has 4 heteroatoms. The number of phenols is 1. The van der Waals surface area contributed by atoms with Crippen molar-refractivity contribution >= 4 is 5.91 Å². The number of amides is 1. The van der Waals surface area contributed by atoms with Crippen molar-refractivity contribution in [2.75, 3.05) is 20.3 Å². The topological polar surface area (TPSA) is 58.6 Å². The van der Waals surface area contributed by atoms with Gasteiger partial charge in [-0.3, -0.25) is 4.79 Å². The molecule has 104 valence electrons. The summed E-state index contributed by atoms with van der Waals surface area (Å²) in [6, 6.07) is 6.77. The molecule has 0 saturated heterocycles. The van der Waals surface area contributed by atoms with Crippen LogP contribution in [0.4, 0.5) is 0 Å². The van der Waals surface area contributed by atoms with Gasteiger partial charge in [-0.15, -0.1) is 0 Å². The van der Waals surface area contributed by atoms with Crippen LogP contribution in [0.3, 0.4) is 0 Å². The molecule has 1 aromatic carbocycles. The second kappa shape index (κ2) is 5.61. The maximum absolute atomic E-state index is 12.1. The second-order valence-electron chi connectivity index (χ2n) is 5.46. The number of rotatable bonds is 6. The molecular weight excluding hydrogens is 242 g/mol. The van der Waals surface area contributed by atoms with Gasteiger partial charge < -0.3 is 15.2 Å². The van der Waals surface area contributed by atoms with Crippen molar-refractivity contribution < 1.29 is 14.6 Å². The number of carbonyl (C=O) groups is 1. The average Bonchev–Trinajstić information content (AvgIpc) is 3.17. The summed E-state index contributed by atoms with van der Waals surface area (Å²) in [5.41, 5.74) is 1.07. The summed E-state index contributed by atoms with van der Waals surface area (Å²) in [4.78, 5) is 12.1. The van der Waals surface area contributed by atoms with Crippen LogP contribution in [0.5, 0.6) is 5.75 Å². The molecule has 1 aliphatic carbocycles. The number of carbonyl (C=O) groups excluding carboxylic acids is 1. The van der Waals surface area contributed by atoms with Gasteiger partial charge in [-0.25, -0.2) is 0 Å². The molecule has 2 N–H and O–H groups in total. The van der Waals surface area contributed by atoms with E-state index in [9.17, 15) is 9.90 Å². The van der Waals surface area contributed by atoms with E-state index >= 15 is 0 Å². The van der Waals surface area contributed by atoms with Crippen LogP contribution in [-0.2, 0) is 9.53 Å². The lowest BCUT2D eigenvalue weighted by Crippen LogP contribution is -2.34. The van der Waals surface area contributed by atoms with E-state index in [0.717, 1.165) is 18.4 Å². The SMILES string of the molecule is COCC1(CNC(=O)[C@@H](C)c2ccc(O)cc2)CC1. The van der Waals surface area contributed by atoms with Crippen LogP contribution in [0.2, 0.25) is 0 Å². The van der Waals surface area contributed by atoms with Crippen LogP contribution in [-0.4, -0.2) is 31.3 Å². The van der Waals surface area contributed by atoms with Crippen molar-refractivity contribution in [3.63, 3.8) is 0 Å². The minimum Gasteiger partial charge on any atom is -0.508 e. The van der Waals surface area contributed by atoms with Gasteiger partial charge in [0, 0.05) is 19.1 Å². The van der Waals surface area contributed by atoms with Gasteiger partial charge in [-0.2, -0.15) is 0 Å². The molecule has 0 bridgehead atoms. The fourth-order valence-corrected chi connectivity index (χ4v) is 2.20. The highest BCUT2D eigenvalue weighted by Gasteiger charge is 2.42. The zero-order valence-corrected chi connectivity index (χ0v) is 11.5. The predicted molar refractivity (Wildman–Crippen MR) is 73.1 cm³/mol. The Balaban J connectivity index is 1.87. The Morgan fingerprint density at radius 1 is 1.42 bits per heavy atom. The maximum Gasteiger partial charge on any atom is 0.227 e. The quantitative estimate of drug-likeness (QED) is 0.825. The minimum atomic E-state index is -0.209. The third kappa shape index (κ3) is 3.47. The van der Waals surface area contributed by atoms with E-state index in [1.54, 1.807) is 31.4 Å². The largest absolute Gasteiger partial charge is 0.508 e. The highest BCUT2D eigenvalue weighted by molar-refractivity contribution is 5.83. The Kier molecular flexibility index (Phi) is 4.10. The Morgan fingerprint density at radius 2 is 2.05 bits per heavy atom. The monoisotopic (exact) mass is 263 g/mol. The molecule has 1 aromatic rings. The van der Waals surface area contributed by atoms with E-state index in [1.165, 1.54) is 0 Å². The van der Waals surface area contributed by atoms with Crippen molar-refractivity contribution in [2.45, 2.75) is 25.7 Å². The van der Waals surface area contributed by atoms with Gasteiger partial charge in [0.25, 0.3) is 0 Å². The van der Waals surface area contributed by atoms with Crippen LogP contribution in [0.25, 0.3) is 0 Å². The number of ether oxygens (including phenoxy) is 1. The van der Waals surface area contributed by atoms with E-state index in [2.05, 4.69) is 5.32 Å². The molecule has 0 spiro atoms. The van der Waals surface area contributed by atoms with Crippen molar-refractivity contribution in [3.8, 4) is 5.75 Å². The first-order valence-corrected chi connectivity index (χ1v) is 6.62. The molecular formula is C15H21NO3. The number of aromatic hydroxyl groups is 1. The highest BCUT2D eigenvalue weighted by atomic mass is 16.5. The minimum absolute atomic E-state index is 0.0214. The van der Waals surface area contributed by atoms with Gasteiger partial charge in [-0.1, -0.05) is 12.1 Å². The van der Waals surface area contributed by atoms with Crippen molar-refractivity contribution in [1.82, 2.24) is 5.32 Å². The van der Waals surface area contributed by atoms with E-state index in [1.807, 2.05) is 6.92 Å². The van der Waals surface area contributed by atoms with Gasteiger partial charge in [0.05, 0.1) is 12.5 Å². The summed E-state index contributed by atoms with van der Waals surface area (Å²) >= 11 is 0. The molecule has 4 nitrogen and oxygen atoms in total. The van der Waals surface area contributed by atoms with Gasteiger partial charge in [-0.05, 0) is 37.5 Å². The van der Waals surface area contributed by atoms with Crippen molar-refractivity contribution in [2.24, 2.45) is 5.41 Å². The molecule has 1 atom stereocenters. The molecule has 1 saturated carbocycles. The summed E-state index contributed by atoms with van der Waals surface area (Å²) < 4.78 is 5.18. The normalized spacial score (nSPS) is 17.8. The third-order valence-electron chi connectivity index (χ3n) is 3.83. The predicted octanol–water partition coefficient (Wildman–Crippen LogP) is 2.04. The fourth-order valence-electron chi connectivity index (χ4n) is 2.20. The number of hydrogen-bond acceptors (Lipinski definition) is 3. The first-order valence-electron chi connectivity index (χ1n) is 6.62. The van der Waals surface area contributed by atoms with E-state index in [-0.39, 0.29) is 23.0 Å². The van der Waals surface area contributed by atoms with Crippen LogP contribution >= 0.6 is 0 Å². The summed E-state index contributed by atoms with van der Waals surface area (Å²) in [5, 5.41) is 12.2. The van der Waals surface area contributed by atoms with E-state index in [4.69, 9.17) is 4.74 Å². The maximum atomic E-state index is 12.1. The molecule has 1 fully saturated rings. The van der Waals surface area contributed by atoms with Gasteiger partial charge in [0.15, 0.2) is 0 Å². The van der Waals surface area contributed by atoms with Gasteiger partial charge in [0.2, 0.25) is 5.91 Å². The first-order chi connectivity index (χ1) is 9.06. The standard InChI is InChI=1S/C15H21NO3/c1-11(12-3-5-13(17)6-4-12)14(18)16-9-15(7-8-15)10-19-2/h3-6,11,17H,7-10H2,1-2H3,(H,16,18)/t11-/m0/s1. The lowest BCUT2D eigenvalue weighted by molar-refractivity contribution is -0.122. The Labute approximate surface area is 113 Å². The Morgan fingerprint density at radius 3 is 2.58 bits per heavy atom. The zero-order valence-electron chi connectivity index (χ0n) is 11.5. The first kappa shape index (κ1) is 13.9. The molecule has 19 heavy (non-hydrogen) atoms. The number of phenolic OH excluding ortho intramolecular Hbond substituents is 1. The zero-order chi connectivity index (χ0) is 13.9. The van der Waals surface area contributed by atoms with Gasteiger partial charge >= 0.3 is 0 Å². The molecule has 0 unspecified atom stereocenters.